The Bertz CT molecular complexity index is 239. The van der Waals surface area contributed by atoms with Crippen LogP contribution in [0.4, 0.5) is 0 Å². The minimum atomic E-state index is -0.341. The number of rotatable bonds is 9. The molecular formula is C16H31NO. The molecule has 0 aromatic rings. The predicted molar refractivity (Wildman–Crippen MR) is 76.8 cm³/mol. The molecule has 106 valence electrons. The van der Waals surface area contributed by atoms with E-state index in [9.17, 15) is 5.11 Å². The molecule has 1 N–H and O–H groups in total. The number of hydrogen-bond acceptors (Lipinski definition) is 2. The summed E-state index contributed by atoms with van der Waals surface area (Å²) in [5, 5.41) is 10.5. The summed E-state index contributed by atoms with van der Waals surface area (Å²) >= 11 is 0. The zero-order valence-corrected chi connectivity index (χ0v) is 12.2. The van der Waals surface area contributed by atoms with Gasteiger partial charge in [-0.05, 0) is 25.7 Å². The van der Waals surface area contributed by atoms with Crippen LogP contribution in [0, 0.1) is 0 Å². The minimum Gasteiger partial charge on any atom is -0.389 e. The van der Waals surface area contributed by atoms with Crippen molar-refractivity contribution in [2.24, 2.45) is 0 Å². The lowest BCUT2D eigenvalue weighted by Crippen LogP contribution is -2.33. The molecule has 0 aromatic heterocycles. The van der Waals surface area contributed by atoms with E-state index in [2.05, 4.69) is 11.8 Å². The number of likely N-dealkylation sites (tertiary alicyclic amines) is 1. The van der Waals surface area contributed by atoms with Gasteiger partial charge in [-0.1, -0.05) is 51.9 Å². The lowest BCUT2D eigenvalue weighted by Gasteiger charge is -2.23. The highest BCUT2D eigenvalue weighted by molar-refractivity contribution is 4.96. The average molecular weight is 253 g/mol. The Kier molecular flexibility index (Phi) is 5.50. The van der Waals surface area contributed by atoms with Crippen molar-refractivity contribution in [2.75, 3.05) is 13.1 Å². The number of aliphatic hydroxyl groups is 1. The Hall–Kier alpha value is -0.0800. The van der Waals surface area contributed by atoms with Crippen molar-refractivity contribution in [3.05, 3.63) is 0 Å². The van der Waals surface area contributed by atoms with Gasteiger partial charge in [-0.25, -0.2) is 0 Å². The SMILES string of the molecule is CCCCCCCCCC1(O)CCN(C2CC2)C1. The van der Waals surface area contributed by atoms with Crippen molar-refractivity contribution in [3.63, 3.8) is 0 Å². The highest BCUT2D eigenvalue weighted by Gasteiger charge is 2.41. The van der Waals surface area contributed by atoms with E-state index in [0.717, 1.165) is 32.0 Å². The van der Waals surface area contributed by atoms with Crippen LogP contribution < -0.4 is 0 Å². The van der Waals surface area contributed by atoms with Crippen LogP contribution >= 0.6 is 0 Å². The van der Waals surface area contributed by atoms with Crippen LogP contribution in [-0.4, -0.2) is 34.7 Å². The molecule has 2 nitrogen and oxygen atoms in total. The molecule has 2 aliphatic rings. The largest absolute Gasteiger partial charge is 0.389 e. The molecule has 18 heavy (non-hydrogen) atoms. The van der Waals surface area contributed by atoms with E-state index in [-0.39, 0.29) is 5.60 Å². The molecule has 1 saturated carbocycles. The van der Waals surface area contributed by atoms with E-state index in [1.54, 1.807) is 0 Å². The number of hydrogen-bond donors (Lipinski definition) is 1. The third-order valence-corrected chi connectivity index (χ3v) is 4.67. The number of unbranched alkanes of at least 4 members (excludes halogenated alkanes) is 6. The molecule has 0 aromatic carbocycles. The highest BCUT2D eigenvalue weighted by atomic mass is 16.3. The maximum Gasteiger partial charge on any atom is 0.0786 e. The summed E-state index contributed by atoms with van der Waals surface area (Å²) in [5.41, 5.74) is -0.341. The molecule has 1 unspecified atom stereocenters. The Morgan fingerprint density at radius 3 is 2.39 bits per heavy atom. The summed E-state index contributed by atoms with van der Waals surface area (Å²) in [5.74, 6) is 0. The van der Waals surface area contributed by atoms with E-state index in [4.69, 9.17) is 0 Å². The maximum atomic E-state index is 10.5. The molecule has 2 fully saturated rings. The molecule has 0 bridgehead atoms. The van der Waals surface area contributed by atoms with Gasteiger partial charge < -0.3 is 5.11 Å². The van der Waals surface area contributed by atoms with Crippen LogP contribution in [0.2, 0.25) is 0 Å². The van der Waals surface area contributed by atoms with Gasteiger partial charge in [0, 0.05) is 19.1 Å². The van der Waals surface area contributed by atoms with E-state index in [1.165, 1.54) is 57.8 Å². The Morgan fingerprint density at radius 2 is 1.72 bits per heavy atom. The first-order chi connectivity index (χ1) is 8.73. The van der Waals surface area contributed by atoms with Crippen LogP contribution in [0.1, 0.15) is 77.6 Å². The Balaban J connectivity index is 1.50. The van der Waals surface area contributed by atoms with Gasteiger partial charge in [0.25, 0.3) is 0 Å². The Morgan fingerprint density at radius 1 is 1.06 bits per heavy atom. The van der Waals surface area contributed by atoms with Crippen LogP contribution in [0.3, 0.4) is 0 Å². The van der Waals surface area contributed by atoms with E-state index in [0.29, 0.717) is 0 Å². The summed E-state index contributed by atoms with van der Waals surface area (Å²) in [6.07, 6.45) is 14.2. The molecule has 2 rings (SSSR count). The molecule has 1 aliphatic heterocycles. The molecular weight excluding hydrogens is 222 g/mol. The van der Waals surface area contributed by atoms with E-state index >= 15 is 0 Å². The number of nitrogens with zero attached hydrogens (tertiary/aromatic N) is 1. The van der Waals surface area contributed by atoms with E-state index in [1.807, 2.05) is 0 Å². The van der Waals surface area contributed by atoms with Crippen LogP contribution in [0.15, 0.2) is 0 Å². The summed E-state index contributed by atoms with van der Waals surface area (Å²) in [6.45, 7) is 4.35. The third kappa shape index (κ3) is 4.55. The lowest BCUT2D eigenvalue weighted by atomic mass is 9.95. The van der Waals surface area contributed by atoms with Crippen molar-refractivity contribution in [1.82, 2.24) is 4.90 Å². The lowest BCUT2D eigenvalue weighted by molar-refractivity contribution is 0.0371. The van der Waals surface area contributed by atoms with Crippen molar-refractivity contribution >= 4 is 0 Å². The van der Waals surface area contributed by atoms with Gasteiger partial charge >= 0.3 is 0 Å². The van der Waals surface area contributed by atoms with E-state index < -0.39 is 0 Å². The zero-order valence-electron chi connectivity index (χ0n) is 12.2. The maximum absolute atomic E-state index is 10.5. The quantitative estimate of drug-likeness (QED) is 0.633. The van der Waals surface area contributed by atoms with Gasteiger partial charge in [0.2, 0.25) is 0 Å². The van der Waals surface area contributed by atoms with Crippen LogP contribution in [0.25, 0.3) is 0 Å². The second-order valence-electron chi connectivity index (χ2n) is 6.55. The average Bonchev–Trinajstić information content (AvgIpc) is 3.13. The summed E-state index contributed by atoms with van der Waals surface area (Å²) in [6, 6.07) is 0.827. The minimum absolute atomic E-state index is 0.341. The van der Waals surface area contributed by atoms with Crippen LogP contribution in [0.5, 0.6) is 0 Å². The predicted octanol–water partition coefficient (Wildman–Crippen LogP) is 3.73. The van der Waals surface area contributed by atoms with Gasteiger partial charge in [-0.3, -0.25) is 4.90 Å². The van der Waals surface area contributed by atoms with Crippen molar-refractivity contribution in [1.29, 1.82) is 0 Å². The smallest absolute Gasteiger partial charge is 0.0786 e. The fourth-order valence-electron chi connectivity index (χ4n) is 3.25. The standard InChI is InChI=1S/C16H31NO/c1-2-3-4-5-6-7-8-11-16(18)12-13-17(14-16)15-9-10-15/h15,18H,2-14H2,1H3. The molecule has 1 atom stereocenters. The first-order valence-electron chi connectivity index (χ1n) is 8.20. The first kappa shape index (κ1) is 14.3. The van der Waals surface area contributed by atoms with Crippen molar-refractivity contribution in [2.45, 2.75) is 89.2 Å². The second kappa shape index (κ2) is 6.91. The molecule has 0 radical (unpaired) electrons. The second-order valence-corrected chi connectivity index (χ2v) is 6.55. The highest BCUT2D eigenvalue weighted by Crippen LogP contribution is 2.35. The summed E-state index contributed by atoms with van der Waals surface area (Å²) in [4.78, 5) is 2.52. The van der Waals surface area contributed by atoms with Gasteiger partial charge in [0.15, 0.2) is 0 Å². The molecule has 1 saturated heterocycles. The Labute approximate surface area is 113 Å². The van der Waals surface area contributed by atoms with Gasteiger partial charge in [0.1, 0.15) is 0 Å². The van der Waals surface area contributed by atoms with Gasteiger partial charge in [-0.2, -0.15) is 0 Å². The topological polar surface area (TPSA) is 23.5 Å². The van der Waals surface area contributed by atoms with Gasteiger partial charge in [-0.15, -0.1) is 0 Å². The summed E-state index contributed by atoms with van der Waals surface area (Å²) < 4.78 is 0. The van der Waals surface area contributed by atoms with Crippen molar-refractivity contribution < 1.29 is 5.11 Å². The zero-order chi connectivity index (χ0) is 12.8. The fourth-order valence-corrected chi connectivity index (χ4v) is 3.25. The molecule has 2 heteroatoms. The first-order valence-corrected chi connectivity index (χ1v) is 8.20. The fraction of sp³-hybridized carbons (Fsp3) is 1.00. The third-order valence-electron chi connectivity index (χ3n) is 4.67. The van der Waals surface area contributed by atoms with Gasteiger partial charge in [0.05, 0.1) is 5.60 Å². The monoisotopic (exact) mass is 253 g/mol. The molecule has 1 heterocycles. The van der Waals surface area contributed by atoms with Crippen molar-refractivity contribution in [3.8, 4) is 0 Å². The molecule has 1 aliphatic carbocycles. The molecule has 0 amide bonds. The molecule has 0 spiro atoms. The number of β-amino-alcohol motifs (C(OH)–C–C–N with tert-alkyl or cyclic N) is 1. The van der Waals surface area contributed by atoms with Crippen LogP contribution in [-0.2, 0) is 0 Å². The normalized spacial score (nSPS) is 29.0. The summed E-state index contributed by atoms with van der Waals surface area (Å²) in [7, 11) is 0.